The normalized spacial score (nSPS) is 19.1. The molecule has 0 radical (unpaired) electrons. The van der Waals surface area contributed by atoms with Gasteiger partial charge in [-0.2, -0.15) is 0 Å². The molecular formula is C29H34Cl2N6O3. The largest absolute Gasteiger partial charge is 0.481 e. The lowest BCUT2D eigenvalue weighted by atomic mass is 9.93. The zero-order valence-corrected chi connectivity index (χ0v) is 24.3. The van der Waals surface area contributed by atoms with E-state index in [0.717, 1.165) is 62.5 Å². The van der Waals surface area contributed by atoms with Crippen LogP contribution in [0.3, 0.4) is 0 Å². The zero-order valence-electron chi connectivity index (χ0n) is 22.8. The monoisotopic (exact) mass is 584 g/mol. The first-order chi connectivity index (χ1) is 19.2. The van der Waals surface area contributed by atoms with Gasteiger partial charge in [-0.3, -0.25) is 9.69 Å². The Morgan fingerprint density at radius 1 is 1.00 bits per heavy atom. The van der Waals surface area contributed by atoms with E-state index in [9.17, 15) is 4.79 Å². The number of pyridine rings is 1. The number of anilines is 1. The molecular weight excluding hydrogens is 551 g/mol. The Morgan fingerprint density at radius 2 is 1.75 bits per heavy atom. The lowest BCUT2D eigenvalue weighted by molar-refractivity contribution is -0.138. The van der Waals surface area contributed by atoms with E-state index in [0.29, 0.717) is 40.1 Å². The maximum Gasteiger partial charge on any atom is 0.303 e. The minimum Gasteiger partial charge on any atom is -0.481 e. The number of carboxylic acids is 1. The van der Waals surface area contributed by atoms with E-state index in [1.54, 1.807) is 6.07 Å². The highest BCUT2D eigenvalue weighted by Crippen LogP contribution is 2.31. The van der Waals surface area contributed by atoms with Gasteiger partial charge < -0.3 is 19.6 Å². The third-order valence-corrected chi connectivity index (χ3v) is 7.99. The fourth-order valence-electron chi connectivity index (χ4n) is 5.51. The van der Waals surface area contributed by atoms with Crippen LogP contribution in [0.2, 0.25) is 10.0 Å². The molecule has 212 valence electrons. The number of likely N-dealkylation sites (tertiary alicyclic amines) is 1. The average molecular weight is 586 g/mol. The number of aliphatic carboxylic acids is 1. The van der Waals surface area contributed by atoms with E-state index in [1.807, 2.05) is 36.4 Å². The van der Waals surface area contributed by atoms with Gasteiger partial charge in [0.05, 0.1) is 5.69 Å². The predicted octanol–water partition coefficient (Wildman–Crippen LogP) is 5.46. The quantitative estimate of drug-likeness (QED) is 0.370. The Balaban J connectivity index is 1.35. The molecule has 4 heterocycles. The second-order valence-electron chi connectivity index (χ2n) is 10.8. The molecule has 0 spiro atoms. The number of likely N-dealkylation sites (N-methyl/N-ethyl adjacent to an activating group) is 1. The highest BCUT2D eigenvalue weighted by molar-refractivity contribution is 6.35. The molecule has 1 aromatic carbocycles. The highest BCUT2D eigenvalue weighted by Gasteiger charge is 2.24. The number of hydrogen-bond acceptors (Lipinski definition) is 8. The zero-order chi connectivity index (χ0) is 28.2. The van der Waals surface area contributed by atoms with Gasteiger partial charge >= 0.3 is 5.97 Å². The predicted molar refractivity (Wildman–Crippen MR) is 156 cm³/mol. The van der Waals surface area contributed by atoms with Gasteiger partial charge in [-0.1, -0.05) is 23.2 Å². The van der Waals surface area contributed by atoms with Gasteiger partial charge in [0, 0.05) is 66.4 Å². The maximum absolute atomic E-state index is 11.1. The van der Waals surface area contributed by atoms with Gasteiger partial charge in [-0.05, 0) is 81.7 Å². The van der Waals surface area contributed by atoms with Crippen molar-refractivity contribution < 1.29 is 14.6 Å². The number of halogens is 2. The van der Waals surface area contributed by atoms with Crippen molar-refractivity contribution in [2.45, 2.75) is 38.8 Å². The molecule has 0 unspecified atom stereocenters. The fourth-order valence-corrected chi connectivity index (χ4v) is 6.04. The van der Waals surface area contributed by atoms with Crippen LogP contribution in [0, 0.1) is 5.92 Å². The van der Waals surface area contributed by atoms with E-state index in [1.165, 1.54) is 0 Å². The van der Waals surface area contributed by atoms with Crippen LogP contribution in [-0.4, -0.2) is 81.9 Å². The first-order valence-electron chi connectivity index (χ1n) is 13.6. The molecule has 2 aliphatic heterocycles. The molecule has 0 amide bonds. The molecule has 1 atom stereocenters. The lowest BCUT2D eigenvalue weighted by Gasteiger charge is -2.38. The van der Waals surface area contributed by atoms with E-state index < -0.39 is 5.97 Å². The number of hydrogen-bond donors (Lipinski definition) is 1. The molecule has 0 saturated carbocycles. The molecule has 2 aliphatic rings. The number of aromatic nitrogens is 3. The number of benzene rings is 1. The van der Waals surface area contributed by atoms with Crippen molar-refractivity contribution in [1.82, 2.24) is 25.0 Å². The fraction of sp³-hybridized carbons (Fsp3) is 0.448. The molecule has 0 bridgehead atoms. The third kappa shape index (κ3) is 7.40. The number of ether oxygens (including phenoxy) is 1. The molecule has 11 heteroatoms. The van der Waals surface area contributed by atoms with Crippen LogP contribution < -0.4 is 9.64 Å². The van der Waals surface area contributed by atoms with Crippen LogP contribution in [0.5, 0.6) is 11.8 Å². The lowest BCUT2D eigenvalue weighted by Crippen LogP contribution is -2.50. The summed E-state index contributed by atoms with van der Waals surface area (Å²) in [6.07, 6.45) is 1.96. The Morgan fingerprint density at radius 3 is 2.40 bits per heavy atom. The molecule has 2 saturated heterocycles. The number of piperidine rings is 1. The Labute approximate surface area is 244 Å². The second-order valence-corrected chi connectivity index (χ2v) is 11.7. The summed E-state index contributed by atoms with van der Waals surface area (Å²) in [5.74, 6) is 1.09. The van der Waals surface area contributed by atoms with Gasteiger partial charge in [0.2, 0.25) is 11.8 Å². The molecule has 5 rings (SSSR count). The topological polar surface area (TPSA) is 94.9 Å². The summed E-state index contributed by atoms with van der Waals surface area (Å²) < 4.78 is 6.12. The van der Waals surface area contributed by atoms with E-state index in [2.05, 4.69) is 38.9 Å². The molecule has 2 aromatic heterocycles. The van der Waals surface area contributed by atoms with Crippen molar-refractivity contribution in [3.63, 3.8) is 0 Å². The van der Waals surface area contributed by atoms with Crippen molar-refractivity contribution in [1.29, 1.82) is 0 Å². The average Bonchev–Trinajstić information content (AvgIpc) is 2.89. The summed E-state index contributed by atoms with van der Waals surface area (Å²) in [4.78, 5) is 22.8. The van der Waals surface area contributed by atoms with Gasteiger partial charge in [0.25, 0.3) is 0 Å². The van der Waals surface area contributed by atoms with Crippen molar-refractivity contribution in [2.24, 2.45) is 5.92 Å². The second kappa shape index (κ2) is 12.7. The molecule has 2 fully saturated rings. The molecule has 9 nitrogen and oxygen atoms in total. The summed E-state index contributed by atoms with van der Waals surface area (Å²) in [6, 6.07) is 13.4. The van der Waals surface area contributed by atoms with E-state index in [4.69, 9.17) is 38.0 Å². The Hall–Kier alpha value is -2.98. The van der Waals surface area contributed by atoms with Crippen LogP contribution in [-0.2, 0) is 11.3 Å². The van der Waals surface area contributed by atoms with Crippen LogP contribution in [0.15, 0.2) is 42.5 Å². The van der Waals surface area contributed by atoms with Crippen LogP contribution in [0.25, 0.3) is 11.3 Å². The molecule has 0 aliphatic carbocycles. The standard InChI is InChI=1S/C29H34Cl2N6O3/c1-19-17-35(2)9-10-37(19)26-3-4-27(34-33-26)40-28-12-21(18-36-7-5-20(6-8-36)13-29(38)39)11-25(32-28)22-14-23(30)16-24(31)15-22/h3-4,11-12,14-16,19-20H,5-10,13,17-18H2,1-2H3,(H,38,39)/t19-/m0/s1. The summed E-state index contributed by atoms with van der Waals surface area (Å²) in [5.41, 5.74) is 2.49. The summed E-state index contributed by atoms with van der Waals surface area (Å²) in [5, 5.41) is 19.0. The minimum absolute atomic E-state index is 0.227. The molecule has 3 aromatic rings. The van der Waals surface area contributed by atoms with E-state index >= 15 is 0 Å². The number of piperazine rings is 1. The highest BCUT2D eigenvalue weighted by atomic mass is 35.5. The summed E-state index contributed by atoms with van der Waals surface area (Å²) >= 11 is 12.6. The number of carbonyl (C=O) groups is 1. The van der Waals surface area contributed by atoms with Crippen molar-refractivity contribution in [3.8, 4) is 23.0 Å². The smallest absolute Gasteiger partial charge is 0.303 e. The van der Waals surface area contributed by atoms with Crippen LogP contribution in [0.1, 0.15) is 31.7 Å². The van der Waals surface area contributed by atoms with Crippen LogP contribution >= 0.6 is 23.2 Å². The Kier molecular flexibility index (Phi) is 9.05. The first-order valence-corrected chi connectivity index (χ1v) is 14.4. The first kappa shape index (κ1) is 28.5. The number of carboxylic acid groups (broad SMARTS) is 1. The maximum atomic E-state index is 11.1. The van der Waals surface area contributed by atoms with Gasteiger partial charge in [-0.15, -0.1) is 10.2 Å². The minimum atomic E-state index is -0.728. The van der Waals surface area contributed by atoms with Crippen molar-refractivity contribution in [2.75, 3.05) is 44.7 Å². The van der Waals surface area contributed by atoms with Gasteiger partial charge in [0.1, 0.15) is 0 Å². The Bertz CT molecular complexity index is 1310. The molecule has 1 N–H and O–H groups in total. The van der Waals surface area contributed by atoms with Crippen molar-refractivity contribution >= 4 is 35.0 Å². The summed E-state index contributed by atoms with van der Waals surface area (Å²) in [7, 11) is 2.13. The summed E-state index contributed by atoms with van der Waals surface area (Å²) in [6.45, 7) is 7.41. The molecule has 40 heavy (non-hydrogen) atoms. The van der Waals surface area contributed by atoms with E-state index in [-0.39, 0.29) is 12.3 Å². The third-order valence-electron chi connectivity index (χ3n) is 7.56. The van der Waals surface area contributed by atoms with Gasteiger partial charge in [0.15, 0.2) is 5.82 Å². The van der Waals surface area contributed by atoms with Crippen LogP contribution in [0.4, 0.5) is 5.82 Å². The number of rotatable bonds is 8. The van der Waals surface area contributed by atoms with Gasteiger partial charge in [-0.25, -0.2) is 4.98 Å². The number of nitrogens with zero attached hydrogens (tertiary/aromatic N) is 6. The van der Waals surface area contributed by atoms with Crippen molar-refractivity contribution in [3.05, 3.63) is 58.1 Å². The SMILES string of the molecule is C[C@H]1CN(C)CCN1c1ccc(Oc2cc(CN3CCC(CC(=O)O)CC3)cc(-c3cc(Cl)cc(Cl)c3)n2)nn1.